The Kier molecular flexibility index (Phi) is 5.17. The first kappa shape index (κ1) is 20.9. The normalized spacial score (nSPS) is 15.8. The standard InChI is InChI=1S/C26H25N5O2/c1-26(2,3)21-16-33-25(28-21)18-12-7-8-14-20(18)27-24(32)19-13-9-15-31-22(29-30-23(19)31)17-10-5-4-6-11-17/h4-15,21H,16H2,1-3H3,(H,27,32). The molecule has 1 N–H and O–H groups in total. The molecule has 2 aromatic carbocycles. The van der Waals surface area contributed by atoms with Gasteiger partial charge in [0.1, 0.15) is 6.61 Å². The topological polar surface area (TPSA) is 80.9 Å². The van der Waals surface area contributed by atoms with Gasteiger partial charge in [0.25, 0.3) is 5.91 Å². The molecule has 33 heavy (non-hydrogen) atoms. The summed E-state index contributed by atoms with van der Waals surface area (Å²) in [4.78, 5) is 18.1. The molecule has 5 rings (SSSR count). The van der Waals surface area contributed by atoms with Crippen molar-refractivity contribution in [2.24, 2.45) is 10.4 Å². The summed E-state index contributed by atoms with van der Waals surface area (Å²) < 4.78 is 7.73. The third-order valence-electron chi connectivity index (χ3n) is 5.77. The SMILES string of the molecule is CC(C)(C)C1COC(c2ccccc2NC(=O)c2cccn3c(-c4ccccc4)nnc23)=N1. The molecule has 1 atom stereocenters. The molecule has 0 fully saturated rings. The second-order valence-electron chi connectivity index (χ2n) is 9.13. The summed E-state index contributed by atoms with van der Waals surface area (Å²) in [6.07, 6.45) is 1.86. The monoisotopic (exact) mass is 439 g/mol. The van der Waals surface area contributed by atoms with Gasteiger partial charge in [0.15, 0.2) is 11.5 Å². The van der Waals surface area contributed by atoms with Gasteiger partial charge >= 0.3 is 0 Å². The number of benzene rings is 2. The van der Waals surface area contributed by atoms with E-state index in [1.165, 1.54) is 0 Å². The van der Waals surface area contributed by atoms with Crippen LogP contribution in [0.5, 0.6) is 0 Å². The minimum absolute atomic E-state index is 0.000275. The largest absolute Gasteiger partial charge is 0.475 e. The molecule has 2 aromatic heterocycles. The van der Waals surface area contributed by atoms with Crippen LogP contribution in [0.4, 0.5) is 5.69 Å². The predicted molar refractivity (Wildman–Crippen MR) is 129 cm³/mol. The van der Waals surface area contributed by atoms with Crippen LogP contribution in [-0.4, -0.2) is 39.1 Å². The number of fused-ring (bicyclic) bond motifs is 1. The predicted octanol–water partition coefficient (Wildman–Crippen LogP) is 4.84. The third-order valence-corrected chi connectivity index (χ3v) is 5.77. The number of hydrogen-bond acceptors (Lipinski definition) is 5. The van der Waals surface area contributed by atoms with E-state index in [1.54, 1.807) is 6.07 Å². The van der Waals surface area contributed by atoms with Gasteiger partial charge in [0, 0.05) is 11.8 Å². The van der Waals surface area contributed by atoms with Crippen LogP contribution in [0.15, 0.2) is 77.9 Å². The third kappa shape index (κ3) is 3.98. The molecule has 0 bridgehead atoms. The number of anilines is 1. The number of rotatable bonds is 4. The summed E-state index contributed by atoms with van der Waals surface area (Å²) in [5.74, 6) is 0.964. The molecular weight excluding hydrogens is 414 g/mol. The average molecular weight is 440 g/mol. The maximum atomic E-state index is 13.3. The maximum absolute atomic E-state index is 13.3. The Hall–Kier alpha value is -4.00. The van der Waals surface area contributed by atoms with E-state index in [4.69, 9.17) is 9.73 Å². The van der Waals surface area contributed by atoms with Crippen LogP contribution < -0.4 is 5.32 Å². The molecule has 0 saturated heterocycles. The van der Waals surface area contributed by atoms with E-state index in [9.17, 15) is 4.79 Å². The molecule has 0 saturated carbocycles. The number of ether oxygens (including phenoxy) is 1. The van der Waals surface area contributed by atoms with E-state index in [0.29, 0.717) is 35.2 Å². The minimum atomic E-state index is -0.272. The van der Waals surface area contributed by atoms with Gasteiger partial charge in [-0.1, -0.05) is 63.2 Å². The Morgan fingerprint density at radius 3 is 2.52 bits per heavy atom. The van der Waals surface area contributed by atoms with Crippen molar-refractivity contribution in [2.75, 3.05) is 11.9 Å². The molecule has 7 nitrogen and oxygen atoms in total. The molecule has 1 aliphatic heterocycles. The van der Waals surface area contributed by atoms with Crippen LogP contribution in [-0.2, 0) is 4.74 Å². The van der Waals surface area contributed by atoms with E-state index in [0.717, 1.165) is 11.1 Å². The zero-order chi connectivity index (χ0) is 23.0. The number of aromatic nitrogens is 3. The lowest BCUT2D eigenvalue weighted by atomic mass is 9.88. The zero-order valence-corrected chi connectivity index (χ0v) is 18.8. The van der Waals surface area contributed by atoms with Gasteiger partial charge < -0.3 is 10.1 Å². The summed E-state index contributed by atoms with van der Waals surface area (Å²) >= 11 is 0. The fourth-order valence-corrected chi connectivity index (χ4v) is 3.81. The number of nitrogens with zero attached hydrogens (tertiary/aromatic N) is 4. The van der Waals surface area contributed by atoms with Gasteiger partial charge in [-0.25, -0.2) is 4.99 Å². The molecule has 0 radical (unpaired) electrons. The van der Waals surface area contributed by atoms with E-state index in [-0.39, 0.29) is 17.4 Å². The van der Waals surface area contributed by atoms with Crippen molar-refractivity contribution in [1.29, 1.82) is 0 Å². The van der Waals surface area contributed by atoms with Crippen molar-refractivity contribution in [3.05, 3.63) is 84.1 Å². The Bertz CT molecular complexity index is 1350. The highest BCUT2D eigenvalue weighted by atomic mass is 16.5. The number of pyridine rings is 1. The van der Waals surface area contributed by atoms with E-state index in [2.05, 4.69) is 36.3 Å². The molecular formula is C26H25N5O2. The average Bonchev–Trinajstić information content (AvgIpc) is 3.47. The van der Waals surface area contributed by atoms with Crippen molar-refractivity contribution in [2.45, 2.75) is 26.8 Å². The Labute approximate surface area is 192 Å². The van der Waals surface area contributed by atoms with Gasteiger partial charge in [-0.15, -0.1) is 10.2 Å². The number of carbonyl (C=O) groups is 1. The fourth-order valence-electron chi connectivity index (χ4n) is 3.81. The quantitative estimate of drug-likeness (QED) is 0.493. The molecule has 3 heterocycles. The first-order valence-corrected chi connectivity index (χ1v) is 10.9. The van der Waals surface area contributed by atoms with Gasteiger partial charge in [-0.2, -0.15) is 0 Å². The Morgan fingerprint density at radius 2 is 1.76 bits per heavy atom. The van der Waals surface area contributed by atoms with E-state index >= 15 is 0 Å². The fraction of sp³-hybridized carbons (Fsp3) is 0.231. The van der Waals surface area contributed by atoms with Gasteiger partial charge in [0.2, 0.25) is 5.90 Å². The lowest BCUT2D eigenvalue weighted by molar-refractivity contribution is 0.102. The van der Waals surface area contributed by atoms with E-state index < -0.39 is 0 Å². The minimum Gasteiger partial charge on any atom is -0.475 e. The summed E-state index contributed by atoms with van der Waals surface area (Å²) in [5.41, 5.74) is 3.26. The zero-order valence-electron chi connectivity index (χ0n) is 18.8. The first-order chi connectivity index (χ1) is 15.9. The van der Waals surface area contributed by atoms with Gasteiger partial charge in [-0.05, 0) is 29.7 Å². The second-order valence-corrected chi connectivity index (χ2v) is 9.13. The summed E-state index contributed by atoms with van der Waals surface area (Å²) in [5, 5.41) is 11.6. The molecule has 166 valence electrons. The number of amides is 1. The molecule has 0 spiro atoms. The van der Waals surface area contributed by atoms with Crippen molar-refractivity contribution in [3.8, 4) is 11.4 Å². The summed E-state index contributed by atoms with van der Waals surface area (Å²) in [6, 6.07) is 20.9. The van der Waals surface area contributed by atoms with Crippen molar-refractivity contribution in [3.63, 3.8) is 0 Å². The molecule has 1 unspecified atom stereocenters. The summed E-state index contributed by atoms with van der Waals surface area (Å²) in [7, 11) is 0. The lowest BCUT2D eigenvalue weighted by Gasteiger charge is -2.21. The summed E-state index contributed by atoms with van der Waals surface area (Å²) in [6.45, 7) is 6.96. The second kappa shape index (κ2) is 8.16. The maximum Gasteiger partial charge on any atom is 0.259 e. The number of para-hydroxylation sites is 1. The molecule has 0 aliphatic carbocycles. The highest BCUT2D eigenvalue weighted by Crippen LogP contribution is 2.29. The van der Waals surface area contributed by atoms with Crippen molar-refractivity contribution < 1.29 is 9.53 Å². The molecule has 1 aliphatic rings. The number of carbonyl (C=O) groups excluding carboxylic acids is 1. The highest BCUT2D eigenvalue weighted by Gasteiger charge is 2.31. The highest BCUT2D eigenvalue weighted by molar-refractivity contribution is 6.11. The van der Waals surface area contributed by atoms with Crippen LogP contribution in [0.3, 0.4) is 0 Å². The Morgan fingerprint density at radius 1 is 1.00 bits per heavy atom. The van der Waals surface area contributed by atoms with Crippen LogP contribution in [0.2, 0.25) is 0 Å². The van der Waals surface area contributed by atoms with Gasteiger partial charge in [0.05, 0.1) is 22.9 Å². The molecule has 4 aromatic rings. The number of nitrogens with one attached hydrogen (secondary N) is 1. The van der Waals surface area contributed by atoms with Crippen LogP contribution >= 0.6 is 0 Å². The number of hydrogen-bond donors (Lipinski definition) is 1. The lowest BCUT2D eigenvalue weighted by Crippen LogP contribution is -2.25. The number of aliphatic imine (C=N–C) groups is 1. The molecule has 1 amide bonds. The van der Waals surface area contributed by atoms with Crippen molar-refractivity contribution in [1.82, 2.24) is 14.6 Å². The van der Waals surface area contributed by atoms with E-state index in [1.807, 2.05) is 71.3 Å². The van der Waals surface area contributed by atoms with Crippen LogP contribution in [0.1, 0.15) is 36.7 Å². The van der Waals surface area contributed by atoms with Crippen molar-refractivity contribution >= 4 is 23.1 Å². The van der Waals surface area contributed by atoms with Crippen LogP contribution in [0.25, 0.3) is 17.0 Å². The smallest absolute Gasteiger partial charge is 0.259 e. The first-order valence-electron chi connectivity index (χ1n) is 10.9. The molecule has 7 heteroatoms. The van der Waals surface area contributed by atoms with Gasteiger partial charge in [-0.3, -0.25) is 9.20 Å². The van der Waals surface area contributed by atoms with Crippen LogP contribution in [0, 0.1) is 5.41 Å². The Balaban J connectivity index is 1.47.